The van der Waals surface area contributed by atoms with Gasteiger partial charge in [0, 0.05) is 10.9 Å². The SMILES string of the molecule is Cc1ccc(F)c(C(C)C(NS(=O)(=O)c2ccc(Cl)cc2C(N)=O)c2n[nH]c(=O)o2)c1C. The smallest absolute Gasteiger partial charge is 0.391 e. The number of carbonyl (C=O) groups excluding carboxylic acids is 1. The number of nitrogens with two attached hydrogens (primary N) is 1. The summed E-state index contributed by atoms with van der Waals surface area (Å²) >= 11 is 5.87. The van der Waals surface area contributed by atoms with Gasteiger partial charge >= 0.3 is 5.76 Å². The summed E-state index contributed by atoms with van der Waals surface area (Å²) < 4.78 is 48.6. The zero-order valence-corrected chi connectivity index (χ0v) is 18.8. The fraction of sp³-hybridized carbons (Fsp3) is 0.250. The van der Waals surface area contributed by atoms with E-state index in [2.05, 4.69) is 14.9 Å². The number of halogens is 2. The van der Waals surface area contributed by atoms with Crippen LogP contribution in [-0.2, 0) is 10.0 Å². The predicted molar refractivity (Wildman–Crippen MR) is 114 cm³/mol. The zero-order chi connectivity index (χ0) is 23.8. The van der Waals surface area contributed by atoms with Crippen LogP contribution in [0.5, 0.6) is 0 Å². The van der Waals surface area contributed by atoms with Crippen LogP contribution in [0.1, 0.15) is 51.8 Å². The van der Waals surface area contributed by atoms with Gasteiger partial charge in [-0.1, -0.05) is 24.6 Å². The second-order valence-corrected chi connectivity index (χ2v) is 9.37. The summed E-state index contributed by atoms with van der Waals surface area (Å²) in [5.41, 5.74) is 6.58. The van der Waals surface area contributed by atoms with E-state index in [4.69, 9.17) is 21.8 Å². The molecule has 0 aliphatic carbocycles. The minimum Gasteiger partial charge on any atom is -0.391 e. The van der Waals surface area contributed by atoms with Gasteiger partial charge in [-0.15, -0.1) is 5.10 Å². The summed E-state index contributed by atoms with van der Waals surface area (Å²) in [6, 6.07) is 5.08. The van der Waals surface area contributed by atoms with E-state index in [0.717, 1.165) is 17.7 Å². The lowest BCUT2D eigenvalue weighted by molar-refractivity contribution is 0.0997. The summed E-state index contributed by atoms with van der Waals surface area (Å²) in [5, 5.41) is 5.90. The molecule has 0 saturated heterocycles. The second kappa shape index (κ2) is 8.85. The summed E-state index contributed by atoms with van der Waals surface area (Å²) in [4.78, 5) is 22.9. The van der Waals surface area contributed by atoms with Crippen molar-refractivity contribution >= 4 is 27.5 Å². The van der Waals surface area contributed by atoms with Crippen molar-refractivity contribution in [3.05, 3.63) is 79.9 Å². The first kappa shape index (κ1) is 23.6. The fourth-order valence-corrected chi connectivity index (χ4v) is 5.07. The molecule has 0 saturated carbocycles. The van der Waals surface area contributed by atoms with E-state index in [1.807, 2.05) is 0 Å². The number of primary amides is 1. The molecule has 170 valence electrons. The molecule has 1 aromatic heterocycles. The topological polar surface area (TPSA) is 148 Å². The number of carbonyl (C=O) groups is 1. The van der Waals surface area contributed by atoms with Crippen molar-refractivity contribution in [2.75, 3.05) is 0 Å². The summed E-state index contributed by atoms with van der Waals surface area (Å²) in [7, 11) is -4.43. The van der Waals surface area contributed by atoms with E-state index in [1.165, 1.54) is 12.1 Å². The highest BCUT2D eigenvalue weighted by atomic mass is 35.5. The molecule has 32 heavy (non-hydrogen) atoms. The van der Waals surface area contributed by atoms with Gasteiger partial charge < -0.3 is 10.2 Å². The maximum atomic E-state index is 14.8. The molecule has 12 heteroatoms. The van der Waals surface area contributed by atoms with Crippen LogP contribution < -0.4 is 16.2 Å². The number of benzene rings is 2. The molecule has 1 heterocycles. The van der Waals surface area contributed by atoms with Crippen molar-refractivity contribution < 1.29 is 22.0 Å². The van der Waals surface area contributed by atoms with Gasteiger partial charge in [-0.25, -0.2) is 22.7 Å². The Labute approximate surface area is 187 Å². The number of amides is 1. The van der Waals surface area contributed by atoms with Crippen LogP contribution in [0.25, 0.3) is 0 Å². The van der Waals surface area contributed by atoms with Crippen molar-refractivity contribution in [1.82, 2.24) is 14.9 Å². The Balaban J connectivity index is 2.14. The molecule has 2 unspecified atom stereocenters. The van der Waals surface area contributed by atoms with Crippen LogP contribution in [-0.4, -0.2) is 24.5 Å². The number of H-pyrrole nitrogens is 1. The van der Waals surface area contributed by atoms with Crippen LogP contribution >= 0.6 is 11.6 Å². The fourth-order valence-electron chi connectivity index (χ4n) is 3.43. The monoisotopic (exact) mass is 482 g/mol. The molecule has 0 aliphatic rings. The van der Waals surface area contributed by atoms with E-state index >= 15 is 0 Å². The number of aromatic amines is 1. The van der Waals surface area contributed by atoms with E-state index < -0.39 is 44.4 Å². The molecule has 0 bridgehead atoms. The summed E-state index contributed by atoms with van der Waals surface area (Å²) in [6.07, 6.45) is 0. The zero-order valence-electron chi connectivity index (χ0n) is 17.3. The predicted octanol–water partition coefficient (Wildman–Crippen LogP) is 2.69. The summed E-state index contributed by atoms with van der Waals surface area (Å²) in [5.74, 6) is -3.65. The molecule has 0 aliphatic heterocycles. The number of aromatic nitrogens is 2. The molecule has 1 amide bonds. The Kier molecular flexibility index (Phi) is 6.54. The molecule has 9 nitrogen and oxygen atoms in total. The van der Waals surface area contributed by atoms with E-state index in [9.17, 15) is 22.4 Å². The lowest BCUT2D eigenvalue weighted by atomic mass is 9.88. The Morgan fingerprint density at radius 3 is 2.56 bits per heavy atom. The molecule has 3 rings (SSSR count). The van der Waals surface area contributed by atoms with Crippen molar-refractivity contribution in [3.8, 4) is 0 Å². The molecular formula is C20H20ClFN4O5S. The van der Waals surface area contributed by atoms with Crippen LogP contribution in [0.3, 0.4) is 0 Å². The number of aryl methyl sites for hydroxylation is 1. The quantitative estimate of drug-likeness (QED) is 0.471. The number of hydrogen-bond donors (Lipinski definition) is 3. The molecule has 2 aromatic carbocycles. The number of nitrogens with zero attached hydrogens (tertiary/aromatic N) is 1. The van der Waals surface area contributed by atoms with Gasteiger partial charge in [0.2, 0.25) is 21.8 Å². The molecule has 0 spiro atoms. The number of nitrogens with one attached hydrogen (secondary N) is 2. The largest absolute Gasteiger partial charge is 0.434 e. The van der Waals surface area contributed by atoms with Gasteiger partial charge in [0.1, 0.15) is 11.9 Å². The van der Waals surface area contributed by atoms with Gasteiger partial charge in [0.25, 0.3) is 0 Å². The first-order chi connectivity index (χ1) is 14.9. The third kappa shape index (κ3) is 4.59. The maximum absolute atomic E-state index is 14.8. The highest BCUT2D eigenvalue weighted by Crippen LogP contribution is 2.35. The number of sulfonamides is 1. The van der Waals surface area contributed by atoms with Crippen molar-refractivity contribution in [2.24, 2.45) is 5.73 Å². The van der Waals surface area contributed by atoms with Crippen molar-refractivity contribution in [2.45, 2.75) is 37.6 Å². The van der Waals surface area contributed by atoms with Crippen LogP contribution in [0.4, 0.5) is 4.39 Å². The third-order valence-corrected chi connectivity index (χ3v) is 6.92. The van der Waals surface area contributed by atoms with Crippen LogP contribution in [0.15, 0.2) is 44.4 Å². The highest BCUT2D eigenvalue weighted by molar-refractivity contribution is 7.89. The van der Waals surface area contributed by atoms with E-state index in [-0.39, 0.29) is 22.0 Å². The third-order valence-electron chi connectivity index (χ3n) is 5.19. The van der Waals surface area contributed by atoms with Gasteiger partial charge in [0.05, 0.1) is 10.5 Å². The van der Waals surface area contributed by atoms with Gasteiger partial charge in [-0.2, -0.15) is 4.72 Å². The Bertz CT molecular complexity index is 1350. The lowest BCUT2D eigenvalue weighted by Crippen LogP contribution is -2.34. The Hall–Kier alpha value is -3.02. The van der Waals surface area contributed by atoms with Gasteiger partial charge in [-0.3, -0.25) is 4.79 Å². The normalized spacial score (nSPS) is 13.7. The van der Waals surface area contributed by atoms with Crippen LogP contribution in [0, 0.1) is 19.7 Å². The van der Waals surface area contributed by atoms with Gasteiger partial charge in [0.15, 0.2) is 0 Å². The number of hydrogen-bond acceptors (Lipinski definition) is 6. The van der Waals surface area contributed by atoms with Crippen LogP contribution in [0.2, 0.25) is 5.02 Å². The Morgan fingerprint density at radius 2 is 1.97 bits per heavy atom. The Morgan fingerprint density at radius 1 is 1.28 bits per heavy atom. The van der Waals surface area contributed by atoms with Crippen molar-refractivity contribution in [1.29, 1.82) is 0 Å². The maximum Gasteiger partial charge on any atom is 0.434 e. The molecule has 3 aromatic rings. The molecule has 2 atom stereocenters. The standard InChI is InChI=1S/C20H20ClFN4O5S/c1-9-4-6-14(22)16(10(9)2)11(3)17(19-24-25-20(28)31-19)26-32(29,30)15-7-5-12(21)8-13(15)18(23)27/h4-8,11,17,26H,1-3H3,(H2,23,27)(H,25,28). The lowest BCUT2D eigenvalue weighted by Gasteiger charge is -2.25. The van der Waals surface area contributed by atoms with E-state index in [0.29, 0.717) is 5.56 Å². The summed E-state index contributed by atoms with van der Waals surface area (Å²) in [6.45, 7) is 5.04. The molecule has 0 fully saturated rings. The van der Waals surface area contributed by atoms with E-state index in [1.54, 1.807) is 26.8 Å². The average Bonchev–Trinajstić information content (AvgIpc) is 3.15. The first-order valence-electron chi connectivity index (χ1n) is 9.35. The minimum atomic E-state index is -4.43. The average molecular weight is 483 g/mol. The highest BCUT2D eigenvalue weighted by Gasteiger charge is 2.34. The number of rotatable bonds is 7. The molecule has 4 N–H and O–H groups in total. The van der Waals surface area contributed by atoms with Crippen molar-refractivity contribution in [3.63, 3.8) is 0 Å². The second-order valence-electron chi connectivity index (χ2n) is 7.25. The minimum absolute atomic E-state index is 0.110. The molecular weight excluding hydrogens is 463 g/mol. The first-order valence-corrected chi connectivity index (χ1v) is 11.2. The van der Waals surface area contributed by atoms with Gasteiger partial charge in [-0.05, 0) is 54.8 Å². The molecule has 0 radical (unpaired) electrons.